The third-order valence-corrected chi connectivity index (χ3v) is 3.97. The summed E-state index contributed by atoms with van der Waals surface area (Å²) in [6.45, 7) is 1.63. The molecule has 1 aliphatic rings. The summed E-state index contributed by atoms with van der Waals surface area (Å²) >= 11 is 6.42. The van der Waals surface area contributed by atoms with Gasteiger partial charge in [0.25, 0.3) is 0 Å². The van der Waals surface area contributed by atoms with E-state index >= 15 is 0 Å². The van der Waals surface area contributed by atoms with Crippen molar-refractivity contribution < 1.29 is 4.74 Å². The minimum Gasteiger partial charge on any atom is -0.384 e. The van der Waals surface area contributed by atoms with Gasteiger partial charge in [-0.1, -0.05) is 23.7 Å². The number of ether oxygens (including phenoxy) is 1. The van der Waals surface area contributed by atoms with E-state index in [-0.39, 0.29) is 0 Å². The molecule has 19 heavy (non-hydrogen) atoms. The Balaban J connectivity index is 1.91. The minimum atomic E-state index is 0.497. The Kier molecular flexibility index (Phi) is 3.44. The molecule has 5 heteroatoms. The lowest BCUT2D eigenvalue weighted by Gasteiger charge is -2.23. The van der Waals surface area contributed by atoms with Crippen LogP contribution in [0.25, 0.3) is 11.1 Å². The first-order chi connectivity index (χ1) is 9.25. The van der Waals surface area contributed by atoms with Gasteiger partial charge < -0.3 is 10.5 Å². The molecule has 0 saturated carbocycles. The lowest BCUT2D eigenvalue weighted by atomic mass is 9.90. The number of nitrogens with one attached hydrogen (secondary N) is 1. The van der Waals surface area contributed by atoms with Crippen LogP contribution in [0.3, 0.4) is 0 Å². The normalized spacial score (nSPS) is 16.7. The molecule has 1 saturated heterocycles. The zero-order valence-electron chi connectivity index (χ0n) is 10.5. The molecule has 0 bridgehead atoms. The quantitative estimate of drug-likeness (QED) is 0.886. The maximum absolute atomic E-state index is 6.42. The van der Waals surface area contributed by atoms with E-state index in [4.69, 9.17) is 22.1 Å². The second kappa shape index (κ2) is 5.23. The molecule has 0 unspecified atom stereocenters. The number of benzene rings is 1. The molecule has 1 aliphatic heterocycles. The number of aromatic amines is 1. The van der Waals surface area contributed by atoms with Gasteiger partial charge in [0.2, 0.25) is 0 Å². The van der Waals surface area contributed by atoms with Crippen LogP contribution in [0.4, 0.5) is 5.82 Å². The maximum atomic E-state index is 6.42. The molecule has 1 aromatic heterocycles. The summed E-state index contributed by atoms with van der Waals surface area (Å²) in [4.78, 5) is 0. The fourth-order valence-electron chi connectivity index (χ4n) is 2.56. The standard InChI is InChI=1S/C14H16ClN3O/c15-13-7-10(12-8-17-18-14(12)16)1-2-11(13)9-3-5-19-6-4-9/h1-2,7-9H,3-6H2,(H3,16,17,18). The van der Waals surface area contributed by atoms with E-state index in [9.17, 15) is 0 Å². The number of H-pyrrole nitrogens is 1. The van der Waals surface area contributed by atoms with Gasteiger partial charge in [0, 0.05) is 23.8 Å². The molecule has 3 rings (SSSR count). The van der Waals surface area contributed by atoms with E-state index in [2.05, 4.69) is 22.3 Å². The lowest BCUT2D eigenvalue weighted by molar-refractivity contribution is 0.0853. The van der Waals surface area contributed by atoms with Crippen molar-refractivity contribution in [2.24, 2.45) is 0 Å². The zero-order chi connectivity index (χ0) is 13.2. The molecule has 4 nitrogen and oxygen atoms in total. The molecule has 2 aromatic rings. The van der Waals surface area contributed by atoms with Crippen LogP contribution in [0.15, 0.2) is 24.4 Å². The van der Waals surface area contributed by atoms with Crippen LogP contribution >= 0.6 is 11.6 Å². The molecule has 2 heterocycles. The van der Waals surface area contributed by atoms with Crippen molar-refractivity contribution in [3.05, 3.63) is 35.0 Å². The van der Waals surface area contributed by atoms with Crippen LogP contribution in [-0.2, 0) is 4.74 Å². The number of nitrogens with zero attached hydrogens (tertiary/aromatic N) is 1. The molecule has 1 fully saturated rings. The molecule has 0 aliphatic carbocycles. The SMILES string of the molecule is Nc1[nH]ncc1-c1ccc(C2CCOCC2)c(Cl)c1. The maximum Gasteiger partial charge on any atom is 0.126 e. The second-order valence-electron chi connectivity index (χ2n) is 4.82. The highest BCUT2D eigenvalue weighted by molar-refractivity contribution is 6.31. The predicted octanol–water partition coefficient (Wildman–Crippen LogP) is 3.21. The topological polar surface area (TPSA) is 63.9 Å². The van der Waals surface area contributed by atoms with Crippen molar-refractivity contribution in [2.45, 2.75) is 18.8 Å². The highest BCUT2D eigenvalue weighted by Crippen LogP contribution is 2.35. The second-order valence-corrected chi connectivity index (χ2v) is 5.23. The number of hydrogen-bond acceptors (Lipinski definition) is 3. The predicted molar refractivity (Wildman–Crippen MR) is 76.2 cm³/mol. The van der Waals surface area contributed by atoms with Crippen LogP contribution in [-0.4, -0.2) is 23.4 Å². The summed E-state index contributed by atoms with van der Waals surface area (Å²) in [6, 6.07) is 6.12. The zero-order valence-corrected chi connectivity index (χ0v) is 11.3. The minimum absolute atomic E-state index is 0.497. The highest BCUT2D eigenvalue weighted by atomic mass is 35.5. The fourth-order valence-corrected chi connectivity index (χ4v) is 2.90. The number of aromatic nitrogens is 2. The Hall–Kier alpha value is -1.52. The Morgan fingerprint density at radius 2 is 2.11 bits per heavy atom. The van der Waals surface area contributed by atoms with Crippen molar-refractivity contribution in [3.8, 4) is 11.1 Å². The molecule has 0 atom stereocenters. The van der Waals surface area contributed by atoms with E-state index in [1.807, 2.05) is 6.07 Å². The largest absolute Gasteiger partial charge is 0.384 e. The van der Waals surface area contributed by atoms with Gasteiger partial charge in [-0.2, -0.15) is 5.10 Å². The number of halogens is 1. The first kappa shape index (κ1) is 12.5. The Labute approximate surface area is 116 Å². The van der Waals surface area contributed by atoms with Crippen LogP contribution in [0.1, 0.15) is 24.3 Å². The van der Waals surface area contributed by atoms with Gasteiger partial charge in [-0.25, -0.2) is 0 Å². The molecular formula is C14H16ClN3O. The number of nitrogens with two attached hydrogens (primary N) is 1. The summed E-state index contributed by atoms with van der Waals surface area (Å²) in [5.41, 5.74) is 8.91. The van der Waals surface area contributed by atoms with Crippen LogP contribution in [0, 0.1) is 0 Å². The van der Waals surface area contributed by atoms with Crippen molar-refractivity contribution in [2.75, 3.05) is 18.9 Å². The molecule has 1 aromatic carbocycles. The Morgan fingerprint density at radius 1 is 1.32 bits per heavy atom. The van der Waals surface area contributed by atoms with E-state index in [1.165, 1.54) is 5.56 Å². The first-order valence-corrected chi connectivity index (χ1v) is 6.80. The van der Waals surface area contributed by atoms with Gasteiger partial charge in [-0.05, 0) is 36.0 Å². The molecule has 100 valence electrons. The van der Waals surface area contributed by atoms with Gasteiger partial charge in [0.05, 0.1) is 6.20 Å². The van der Waals surface area contributed by atoms with E-state index in [0.717, 1.165) is 42.2 Å². The number of anilines is 1. The average molecular weight is 278 g/mol. The van der Waals surface area contributed by atoms with Crippen LogP contribution in [0.2, 0.25) is 5.02 Å². The third-order valence-electron chi connectivity index (χ3n) is 3.64. The third kappa shape index (κ3) is 2.46. The molecule has 3 N–H and O–H groups in total. The van der Waals surface area contributed by atoms with Crippen LogP contribution < -0.4 is 5.73 Å². The van der Waals surface area contributed by atoms with Crippen molar-refractivity contribution >= 4 is 17.4 Å². The monoisotopic (exact) mass is 277 g/mol. The molecular weight excluding hydrogens is 262 g/mol. The van der Waals surface area contributed by atoms with Crippen molar-refractivity contribution in [3.63, 3.8) is 0 Å². The van der Waals surface area contributed by atoms with E-state index in [0.29, 0.717) is 11.7 Å². The molecule has 0 spiro atoms. The fraction of sp³-hybridized carbons (Fsp3) is 0.357. The number of rotatable bonds is 2. The summed E-state index contributed by atoms with van der Waals surface area (Å²) < 4.78 is 5.39. The highest BCUT2D eigenvalue weighted by Gasteiger charge is 2.19. The number of nitrogen functional groups attached to an aromatic ring is 1. The lowest BCUT2D eigenvalue weighted by Crippen LogP contribution is -2.14. The van der Waals surface area contributed by atoms with Gasteiger partial charge in [-0.3, -0.25) is 5.10 Å². The van der Waals surface area contributed by atoms with Gasteiger partial charge in [0.1, 0.15) is 5.82 Å². The average Bonchev–Trinajstić information content (AvgIpc) is 2.86. The first-order valence-electron chi connectivity index (χ1n) is 6.42. The van der Waals surface area contributed by atoms with Gasteiger partial charge in [-0.15, -0.1) is 0 Å². The molecule has 0 amide bonds. The summed E-state index contributed by atoms with van der Waals surface area (Å²) in [6.07, 6.45) is 3.79. The van der Waals surface area contributed by atoms with Gasteiger partial charge in [0.15, 0.2) is 0 Å². The smallest absolute Gasteiger partial charge is 0.126 e. The molecule has 0 radical (unpaired) electrons. The number of hydrogen-bond donors (Lipinski definition) is 2. The van der Waals surface area contributed by atoms with Crippen molar-refractivity contribution in [1.82, 2.24) is 10.2 Å². The Bertz CT molecular complexity index is 576. The summed E-state index contributed by atoms with van der Waals surface area (Å²) in [7, 11) is 0. The van der Waals surface area contributed by atoms with E-state index in [1.54, 1.807) is 6.20 Å². The Morgan fingerprint density at radius 3 is 2.74 bits per heavy atom. The van der Waals surface area contributed by atoms with Crippen molar-refractivity contribution in [1.29, 1.82) is 0 Å². The van der Waals surface area contributed by atoms with Gasteiger partial charge >= 0.3 is 0 Å². The summed E-state index contributed by atoms with van der Waals surface area (Å²) in [5.74, 6) is 1.06. The summed E-state index contributed by atoms with van der Waals surface area (Å²) in [5, 5.41) is 7.46. The van der Waals surface area contributed by atoms with E-state index < -0.39 is 0 Å². The van der Waals surface area contributed by atoms with Crippen LogP contribution in [0.5, 0.6) is 0 Å².